The Morgan fingerprint density at radius 1 is 1.38 bits per heavy atom. The van der Waals surface area contributed by atoms with Crippen molar-refractivity contribution in [1.29, 1.82) is 0 Å². The molecule has 0 aromatic heterocycles. The van der Waals surface area contributed by atoms with Crippen LogP contribution in [0.1, 0.15) is 13.3 Å². The number of piperazine rings is 1. The van der Waals surface area contributed by atoms with E-state index in [-0.39, 0.29) is 18.0 Å². The molecule has 2 aliphatic rings. The zero-order valence-electron chi connectivity index (χ0n) is 13.4. The van der Waals surface area contributed by atoms with E-state index < -0.39 is 11.4 Å². The SMILES string of the molecule is CC12CC(C(=O)NO)=NN1CCN(CCOc1ccccc1)C2=O. The molecule has 1 saturated heterocycles. The molecule has 8 nitrogen and oxygen atoms in total. The molecular weight excluding hydrogens is 312 g/mol. The predicted molar refractivity (Wildman–Crippen MR) is 85.6 cm³/mol. The zero-order valence-corrected chi connectivity index (χ0v) is 13.4. The quantitative estimate of drug-likeness (QED) is 0.595. The largest absolute Gasteiger partial charge is 0.492 e. The smallest absolute Gasteiger partial charge is 0.290 e. The number of ether oxygens (including phenoxy) is 1. The lowest BCUT2D eigenvalue weighted by molar-refractivity contribution is -0.148. The van der Waals surface area contributed by atoms with Crippen molar-refractivity contribution in [1.82, 2.24) is 15.4 Å². The highest BCUT2D eigenvalue weighted by molar-refractivity contribution is 6.39. The molecule has 24 heavy (non-hydrogen) atoms. The van der Waals surface area contributed by atoms with Gasteiger partial charge in [0, 0.05) is 13.0 Å². The molecule has 2 N–H and O–H groups in total. The number of carbonyl (C=O) groups excluding carboxylic acids is 2. The van der Waals surface area contributed by atoms with Crippen LogP contribution in [0.25, 0.3) is 0 Å². The average molecular weight is 332 g/mol. The molecule has 1 unspecified atom stereocenters. The number of carbonyl (C=O) groups is 2. The first-order valence-corrected chi connectivity index (χ1v) is 7.81. The molecule has 2 heterocycles. The molecule has 1 aromatic carbocycles. The maximum Gasteiger partial charge on any atom is 0.290 e. The maximum absolute atomic E-state index is 12.8. The van der Waals surface area contributed by atoms with Gasteiger partial charge < -0.3 is 9.64 Å². The molecule has 2 amide bonds. The molecule has 3 rings (SSSR count). The van der Waals surface area contributed by atoms with Gasteiger partial charge in [0.05, 0.1) is 13.1 Å². The average Bonchev–Trinajstić information content (AvgIpc) is 2.96. The van der Waals surface area contributed by atoms with E-state index >= 15 is 0 Å². The fraction of sp³-hybridized carbons (Fsp3) is 0.438. The number of hydrogen-bond acceptors (Lipinski definition) is 6. The van der Waals surface area contributed by atoms with Crippen LogP contribution in [0.2, 0.25) is 0 Å². The lowest BCUT2D eigenvalue weighted by Crippen LogP contribution is -2.61. The fourth-order valence-corrected chi connectivity index (χ4v) is 3.04. The Morgan fingerprint density at radius 3 is 2.83 bits per heavy atom. The lowest BCUT2D eigenvalue weighted by Gasteiger charge is -2.42. The summed E-state index contributed by atoms with van der Waals surface area (Å²) in [4.78, 5) is 26.1. The van der Waals surface area contributed by atoms with Crippen LogP contribution in [-0.4, -0.2) is 64.4 Å². The summed E-state index contributed by atoms with van der Waals surface area (Å²) in [5.74, 6) is 0.00758. The summed E-state index contributed by atoms with van der Waals surface area (Å²) in [6.45, 7) is 3.69. The minimum Gasteiger partial charge on any atom is -0.492 e. The van der Waals surface area contributed by atoms with E-state index in [1.165, 1.54) is 0 Å². The number of nitrogens with zero attached hydrogens (tertiary/aromatic N) is 3. The fourth-order valence-electron chi connectivity index (χ4n) is 3.04. The molecule has 1 aromatic rings. The van der Waals surface area contributed by atoms with E-state index in [1.54, 1.807) is 22.3 Å². The number of hydrazone groups is 1. The Bertz CT molecular complexity index is 663. The monoisotopic (exact) mass is 332 g/mol. The van der Waals surface area contributed by atoms with Crippen molar-refractivity contribution in [2.75, 3.05) is 26.2 Å². The van der Waals surface area contributed by atoms with Crippen LogP contribution in [0.15, 0.2) is 35.4 Å². The van der Waals surface area contributed by atoms with Gasteiger partial charge in [0.25, 0.3) is 5.91 Å². The first-order valence-electron chi connectivity index (χ1n) is 7.81. The van der Waals surface area contributed by atoms with Crippen LogP contribution in [0, 0.1) is 0 Å². The molecule has 1 fully saturated rings. The lowest BCUT2D eigenvalue weighted by atomic mass is 9.91. The van der Waals surface area contributed by atoms with Gasteiger partial charge in [-0.25, -0.2) is 5.48 Å². The van der Waals surface area contributed by atoms with Crippen molar-refractivity contribution in [2.45, 2.75) is 18.9 Å². The number of nitrogens with one attached hydrogen (secondary N) is 1. The standard InChI is InChI=1S/C16H20N4O4/c1-16-11-13(14(21)18-23)17-20(16)8-7-19(15(16)22)9-10-24-12-5-3-2-4-6-12/h2-6,23H,7-11H2,1H3,(H,18,21). The Balaban J connectivity index is 1.59. The summed E-state index contributed by atoms with van der Waals surface area (Å²) in [6, 6.07) is 9.43. The van der Waals surface area contributed by atoms with Crippen molar-refractivity contribution in [3.8, 4) is 5.75 Å². The number of benzene rings is 1. The van der Waals surface area contributed by atoms with Crippen LogP contribution in [0.4, 0.5) is 0 Å². The first kappa shape index (κ1) is 16.3. The van der Waals surface area contributed by atoms with Gasteiger partial charge >= 0.3 is 0 Å². The van der Waals surface area contributed by atoms with Gasteiger partial charge in [-0.15, -0.1) is 0 Å². The molecule has 2 aliphatic heterocycles. The van der Waals surface area contributed by atoms with Crippen LogP contribution in [-0.2, 0) is 9.59 Å². The molecule has 0 bridgehead atoms. The molecule has 8 heteroatoms. The normalized spacial score (nSPS) is 22.9. The Hall–Kier alpha value is -2.61. The van der Waals surface area contributed by atoms with Gasteiger partial charge in [0.1, 0.15) is 23.6 Å². The van der Waals surface area contributed by atoms with Crippen LogP contribution in [0.5, 0.6) is 5.75 Å². The summed E-state index contributed by atoms with van der Waals surface area (Å²) >= 11 is 0. The highest BCUT2D eigenvalue weighted by atomic mass is 16.5. The van der Waals surface area contributed by atoms with Crippen LogP contribution < -0.4 is 10.2 Å². The topological polar surface area (TPSA) is 94.5 Å². The third kappa shape index (κ3) is 2.92. The number of rotatable bonds is 5. The van der Waals surface area contributed by atoms with Crippen molar-refractivity contribution in [3.05, 3.63) is 30.3 Å². The van der Waals surface area contributed by atoms with E-state index in [0.717, 1.165) is 5.75 Å². The van der Waals surface area contributed by atoms with Gasteiger partial charge in [-0.3, -0.25) is 19.8 Å². The van der Waals surface area contributed by atoms with Gasteiger partial charge in [-0.1, -0.05) is 18.2 Å². The molecule has 1 atom stereocenters. The number of fused-ring (bicyclic) bond motifs is 1. The second-order valence-electron chi connectivity index (χ2n) is 6.02. The second-order valence-corrected chi connectivity index (χ2v) is 6.02. The van der Waals surface area contributed by atoms with Gasteiger partial charge in [-0.05, 0) is 19.1 Å². The van der Waals surface area contributed by atoms with Crippen LogP contribution in [0.3, 0.4) is 0 Å². The van der Waals surface area contributed by atoms with Gasteiger partial charge in [0.15, 0.2) is 0 Å². The maximum atomic E-state index is 12.8. The number of hydroxylamine groups is 1. The van der Waals surface area contributed by atoms with Gasteiger partial charge in [-0.2, -0.15) is 5.10 Å². The third-order valence-electron chi connectivity index (χ3n) is 4.39. The molecule has 0 radical (unpaired) electrons. The number of amides is 2. The summed E-state index contributed by atoms with van der Waals surface area (Å²) in [5, 5.41) is 14.5. The second kappa shape index (κ2) is 6.48. The first-order chi connectivity index (χ1) is 11.5. The van der Waals surface area contributed by atoms with E-state index in [4.69, 9.17) is 9.94 Å². The van der Waals surface area contributed by atoms with Gasteiger partial charge in [0.2, 0.25) is 5.91 Å². The highest BCUT2D eigenvalue weighted by Gasteiger charge is 2.50. The number of hydrogen-bond donors (Lipinski definition) is 2. The minimum atomic E-state index is -0.882. The summed E-state index contributed by atoms with van der Waals surface area (Å²) in [7, 11) is 0. The zero-order chi connectivity index (χ0) is 17.2. The van der Waals surface area contributed by atoms with Crippen LogP contribution >= 0.6 is 0 Å². The highest BCUT2D eigenvalue weighted by Crippen LogP contribution is 2.32. The number of para-hydroxylation sites is 1. The van der Waals surface area contributed by atoms with E-state index in [1.807, 2.05) is 30.3 Å². The van der Waals surface area contributed by atoms with Crippen molar-refractivity contribution in [2.24, 2.45) is 5.10 Å². The summed E-state index contributed by atoms with van der Waals surface area (Å²) in [5.41, 5.74) is 0.852. The van der Waals surface area contributed by atoms with E-state index in [0.29, 0.717) is 26.2 Å². The van der Waals surface area contributed by atoms with Crippen molar-refractivity contribution in [3.63, 3.8) is 0 Å². The van der Waals surface area contributed by atoms with E-state index in [9.17, 15) is 9.59 Å². The van der Waals surface area contributed by atoms with Crippen molar-refractivity contribution < 1.29 is 19.5 Å². The minimum absolute atomic E-state index is 0.0881. The van der Waals surface area contributed by atoms with Crippen molar-refractivity contribution >= 4 is 17.5 Å². The molecule has 0 saturated carbocycles. The Labute approximate surface area is 139 Å². The Kier molecular flexibility index (Phi) is 4.39. The molecule has 0 aliphatic carbocycles. The third-order valence-corrected chi connectivity index (χ3v) is 4.39. The predicted octanol–water partition coefficient (Wildman–Crippen LogP) is 0.233. The summed E-state index contributed by atoms with van der Waals surface area (Å²) < 4.78 is 5.64. The molecular formula is C16H20N4O4. The molecule has 128 valence electrons. The molecule has 0 spiro atoms. The summed E-state index contributed by atoms with van der Waals surface area (Å²) in [6.07, 6.45) is 0.175. The van der Waals surface area contributed by atoms with E-state index in [2.05, 4.69) is 5.10 Å². The Morgan fingerprint density at radius 2 is 2.12 bits per heavy atom.